The summed E-state index contributed by atoms with van der Waals surface area (Å²) in [4.78, 5) is 0. The Morgan fingerprint density at radius 3 is 2.88 bits per heavy atom. The van der Waals surface area contributed by atoms with E-state index in [0.717, 1.165) is 24.3 Å². The van der Waals surface area contributed by atoms with Crippen molar-refractivity contribution in [3.8, 4) is 0 Å². The van der Waals surface area contributed by atoms with Crippen molar-refractivity contribution in [2.45, 2.75) is 44.4 Å². The predicted molar refractivity (Wildman–Crippen MR) is 66.6 cm³/mol. The van der Waals surface area contributed by atoms with Crippen LogP contribution in [-0.2, 0) is 0 Å². The Morgan fingerprint density at radius 2 is 2.25 bits per heavy atom. The third kappa shape index (κ3) is 2.76. The van der Waals surface area contributed by atoms with E-state index in [1.165, 1.54) is 5.56 Å². The molecule has 2 nitrogen and oxygen atoms in total. The molecule has 88 valence electrons. The van der Waals surface area contributed by atoms with Crippen molar-refractivity contribution < 1.29 is 5.11 Å². The molecule has 1 aromatic carbocycles. The highest BCUT2D eigenvalue weighted by molar-refractivity contribution is 6.30. The van der Waals surface area contributed by atoms with Crippen LogP contribution < -0.4 is 5.32 Å². The van der Waals surface area contributed by atoms with Gasteiger partial charge in [-0.2, -0.15) is 0 Å². The molecule has 0 amide bonds. The zero-order valence-corrected chi connectivity index (χ0v) is 10.2. The van der Waals surface area contributed by atoms with Gasteiger partial charge in [0.2, 0.25) is 0 Å². The van der Waals surface area contributed by atoms with E-state index in [4.69, 9.17) is 11.6 Å². The van der Waals surface area contributed by atoms with Crippen LogP contribution in [0.1, 0.15) is 37.8 Å². The highest BCUT2D eigenvalue weighted by Crippen LogP contribution is 2.23. The molecular weight excluding hydrogens is 222 g/mol. The summed E-state index contributed by atoms with van der Waals surface area (Å²) in [6.45, 7) is 2.11. The van der Waals surface area contributed by atoms with Gasteiger partial charge >= 0.3 is 0 Å². The maximum Gasteiger partial charge on any atom is 0.0693 e. The summed E-state index contributed by atoms with van der Waals surface area (Å²) in [5.74, 6) is 0. The Labute approximate surface area is 102 Å². The highest BCUT2D eigenvalue weighted by atomic mass is 35.5. The van der Waals surface area contributed by atoms with Crippen LogP contribution >= 0.6 is 11.6 Å². The van der Waals surface area contributed by atoms with Gasteiger partial charge in [0.15, 0.2) is 0 Å². The van der Waals surface area contributed by atoms with Gasteiger partial charge in [-0.3, -0.25) is 0 Å². The third-order valence-corrected chi connectivity index (χ3v) is 3.53. The minimum atomic E-state index is -0.193. The van der Waals surface area contributed by atoms with Crippen LogP contribution in [0.15, 0.2) is 24.3 Å². The maximum atomic E-state index is 9.75. The molecule has 16 heavy (non-hydrogen) atoms. The third-order valence-electron chi connectivity index (χ3n) is 3.29. The van der Waals surface area contributed by atoms with Gasteiger partial charge in [0.1, 0.15) is 0 Å². The number of aliphatic hydroxyl groups is 1. The Morgan fingerprint density at radius 1 is 1.44 bits per heavy atom. The molecule has 1 aromatic rings. The van der Waals surface area contributed by atoms with E-state index in [9.17, 15) is 5.11 Å². The lowest BCUT2D eigenvalue weighted by Gasteiger charge is -2.22. The van der Waals surface area contributed by atoms with Crippen molar-refractivity contribution in [1.29, 1.82) is 0 Å². The summed E-state index contributed by atoms with van der Waals surface area (Å²) in [7, 11) is 0. The van der Waals surface area contributed by atoms with Crippen molar-refractivity contribution in [2.24, 2.45) is 0 Å². The van der Waals surface area contributed by atoms with Gasteiger partial charge < -0.3 is 10.4 Å². The lowest BCUT2D eigenvalue weighted by Crippen LogP contribution is -2.37. The highest BCUT2D eigenvalue weighted by Gasteiger charge is 2.26. The monoisotopic (exact) mass is 239 g/mol. The van der Waals surface area contributed by atoms with E-state index in [2.05, 4.69) is 18.3 Å². The van der Waals surface area contributed by atoms with Crippen molar-refractivity contribution >= 4 is 11.6 Å². The smallest absolute Gasteiger partial charge is 0.0693 e. The number of rotatable bonds is 3. The summed E-state index contributed by atoms with van der Waals surface area (Å²) in [5, 5.41) is 14.0. The summed E-state index contributed by atoms with van der Waals surface area (Å²) >= 11 is 5.96. The molecule has 2 rings (SSSR count). The van der Waals surface area contributed by atoms with Gasteiger partial charge in [0, 0.05) is 17.1 Å². The second-order valence-corrected chi connectivity index (χ2v) is 4.98. The summed E-state index contributed by atoms with van der Waals surface area (Å²) in [6, 6.07) is 8.33. The number of halogens is 1. The molecule has 2 N–H and O–H groups in total. The topological polar surface area (TPSA) is 32.3 Å². The first-order chi connectivity index (χ1) is 7.66. The molecule has 3 heteroatoms. The molecule has 0 spiro atoms. The van der Waals surface area contributed by atoms with Crippen molar-refractivity contribution in [3.05, 3.63) is 34.9 Å². The Balaban J connectivity index is 1.99. The van der Waals surface area contributed by atoms with Gasteiger partial charge in [-0.25, -0.2) is 0 Å². The quantitative estimate of drug-likeness (QED) is 0.850. The van der Waals surface area contributed by atoms with Gasteiger partial charge in [0.05, 0.1) is 6.10 Å². The van der Waals surface area contributed by atoms with Crippen LogP contribution in [0.2, 0.25) is 5.02 Å². The molecule has 0 bridgehead atoms. The molecule has 0 radical (unpaired) electrons. The first-order valence-corrected chi connectivity index (χ1v) is 6.24. The van der Waals surface area contributed by atoms with E-state index in [-0.39, 0.29) is 18.2 Å². The number of aliphatic hydroxyl groups excluding tert-OH is 1. The van der Waals surface area contributed by atoms with Crippen LogP contribution in [0, 0.1) is 0 Å². The maximum absolute atomic E-state index is 9.75. The fourth-order valence-electron chi connectivity index (χ4n) is 2.33. The average Bonchev–Trinajstić information content (AvgIpc) is 2.64. The second kappa shape index (κ2) is 5.17. The summed E-state index contributed by atoms with van der Waals surface area (Å²) in [6.07, 6.45) is 2.90. The molecule has 1 aliphatic rings. The van der Waals surface area contributed by atoms with Crippen molar-refractivity contribution in [3.63, 3.8) is 0 Å². The standard InChI is InChI=1S/C13H18ClNO/c1-9(10-4-2-5-11(14)8-10)15-12-6-3-7-13(12)16/h2,4-5,8-9,12-13,15-16H,3,6-7H2,1H3/t9?,12-,13-/m1/s1. The summed E-state index contributed by atoms with van der Waals surface area (Å²) < 4.78 is 0. The molecule has 1 aliphatic carbocycles. The lowest BCUT2D eigenvalue weighted by atomic mass is 10.1. The number of nitrogens with one attached hydrogen (secondary N) is 1. The molecule has 0 aromatic heterocycles. The Hall–Kier alpha value is -0.570. The minimum absolute atomic E-state index is 0.193. The largest absolute Gasteiger partial charge is 0.392 e. The van der Waals surface area contributed by atoms with Crippen LogP contribution in [0.25, 0.3) is 0 Å². The van der Waals surface area contributed by atoms with Crippen molar-refractivity contribution in [1.82, 2.24) is 5.32 Å². The van der Waals surface area contributed by atoms with E-state index in [1.807, 2.05) is 18.2 Å². The molecule has 1 fully saturated rings. The number of benzene rings is 1. The van der Waals surface area contributed by atoms with Crippen LogP contribution in [0.5, 0.6) is 0 Å². The number of hydrogen-bond donors (Lipinski definition) is 2. The average molecular weight is 240 g/mol. The fraction of sp³-hybridized carbons (Fsp3) is 0.538. The lowest BCUT2D eigenvalue weighted by molar-refractivity contribution is 0.144. The Kier molecular flexibility index (Phi) is 3.85. The molecule has 3 atom stereocenters. The first-order valence-electron chi connectivity index (χ1n) is 5.86. The van der Waals surface area contributed by atoms with Crippen LogP contribution in [0.3, 0.4) is 0 Å². The van der Waals surface area contributed by atoms with Crippen molar-refractivity contribution in [2.75, 3.05) is 0 Å². The van der Waals surface area contributed by atoms with Gasteiger partial charge in [-0.15, -0.1) is 0 Å². The fourth-order valence-corrected chi connectivity index (χ4v) is 2.53. The van der Waals surface area contributed by atoms with E-state index >= 15 is 0 Å². The van der Waals surface area contributed by atoms with Crippen LogP contribution in [-0.4, -0.2) is 17.3 Å². The summed E-state index contributed by atoms with van der Waals surface area (Å²) in [5.41, 5.74) is 1.17. The predicted octanol–water partition coefficient (Wildman–Crippen LogP) is 2.90. The molecule has 1 unspecified atom stereocenters. The zero-order chi connectivity index (χ0) is 11.5. The van der Waals surface area contributed by atoms with E-state index < -0.39 is 0 Å². The molecular formula is C13H18ClNO. The van der Waals surface area contributed by atoms with E-state index in [0.29, 0.717) is 0 Å². The second-order valence-electron chi connectivity index (χ2n) is 4.55. The van der Waals surface area contributed by atoms with Gasteiger partial charge in [-0.05, 0) is 43.9 Å². The van der Waals surface area contributed by atoms with Gasteiger partial charge in [0.25, 0.3) is 0 Å². The van der Waals surface area contributed by atoms with Gasteiger partial charge in [-0.1, -0.05) is 23.7 Å². The van der Waals surface area contributed by atoms with E-state index in [1.54, 1.807) is 0 Å². The SMILES string of the molecule is CC(N[C@@H]1CCC[C@H]1O)c1cccc(Cl)c1. The molecule has 0 saturated heterocycles. The first kappa shape index (κ1) is 11.9. The normalized spacial score (nSPS) is 26.9. The molecule has 1 saturated carbocycles. The number of hydrogen-bond acceptors (Lipinski definition) is 2. The Bertz CT molecular complexity index is 356. The molecule has 0 aliphatic heterocycles. The zero-order valence-electron chi connectivity index (χ0n) is 9.49. The van der Waals surface area contributed by atoms with Crippen LogP contribution in [0.4, 0.5) is 0 Å². The minimum Gasteiger partial charge on any atom is -0.392 e. The molecule has 0 heterocycles.